The molecule has 7 heteroatoms. The van der Waals surface area contributed by atoms with Gasteiger partial charge in [0.2, 0.25) is 5.91 Å². The molecule has 0 aromatic heterocycles. The maximum atomic E-state index is 11.4. The zero-order chi connectivity index (χ0) is 21.1. The van der Waals surface area contributed by atoms with Crippen LogP contribution in [0.5, 0.6) is 11.5 Å². The Kier molecular flexibility index (Phi) is 6.46. The summed E-state index contributed by atoms with van der Waals surface area (Å²) in [5.41, 5.74) is 0.623. The molecule has 2 aromatic carbocycles. The summed E-state index contributed by atoms with van der Waals surface area (Å²) < 4.78 is 12.2. The first-order valence-electron chi connectivity index (χ1n) is 10.4. The summed E-state index contributed by atoms with van der Waals surface area (Å²) in [5, 5.41) is 14.4. The third kappa shape index (κ3) is 4.89. The Morgan fingerprint density at radius 1 is 1.10 bits per heavy atom. The first kappa shape index (κ1) is 21.0. The summed E-state index contributed by atoms with van der Waals surface area (Å²) in [5.74, 6) is 1.25. The molecular formula is C23H27ClN2O4. The summed E-state index contributed by atoms with van der Waals surface area (Å²) in [6.45, 7) is 3.13. The van der Waals surface area contributed by atoms with E-state index in [0.717, 1.165) is 38.1 Å². The number of benzene rings is 2. The zero-order valence-electron chi connectivity index (χ0n) is 17.0. The van der Waals surface area contributed by atoms with Crippen molar-refractivity contribution >= 4 is 23.2 Å². The molecule has 1 aliphatic heterocycles. The van der Waals surface area contributed by atoms with E-state index in [1.54, 1.807) is 6.07 Å². The van der Waals surface area contributed by atoms with Crippen molar-refractivity contribution in [1.29, 1.82) is 0 Å². The van der Waals surface area contributed by atoms with Crippen molar-refractivity contribution in [2.24, 2.45) is 0 Å². The van der Waals surface area contributed by atoms with Gasteiger partial charge in [0.25, 0.3) is 0 Å². The molecule has 4 atom stereocenters. The minimum absolute atomic E-state index is 0.0433. The number of carbonyl (C=O) groups is 1. The van der Waals surface area contributed by atoms with Gasteiger partial charge < -0.3 is 19.9 Å². The normalized spacial score (nSPS) is 26.5. The number of para-hydroxylation sites is 2. The Morgan fingerprint density at radius 2 is 1.87 bits per heavy atom. The quantitative estimate of drug-likeness (QED) is 0.730. The van der Waals surface area contributed by atoms with E-state index in [4.69, 9.17) is 21.1 Å². The van der Waals surface area contributed by atoms with Crippen molar-refractivity contribution in [2.45, 2.75) is 50.5 Å². The fraction of sp³-hybridized carbons (Fsp3) is 0.435. The molecule has 4 unspecified atom stereocenters. The van der Waals surface area contributed by atoms with E-state index >= 15 is 0 Å². The standard InChI is InChI=1S/C23H27ClN2O4/c1-15(27)25-19-4-2-3-5-21(19)30-22-11-10-20(23(22)28)26-13-12-18(14-26)29-17-8-6-16(24)7-9-17/h2-9,18,20,22-23,28H,10-14H2,1H3,(H,25,27). The molecule has 30 heavy (non-hydrogen) atoms. The summed E-state index contributed by atoms with van der Waals surface area (Å²) in [7, 11) is 0. The lowest BCUT2D eigenvalue weighted by atomic mass is 10.1. The maximum absolute atomic E-state index is 11.4. The Bertz CT molecular complexity index is 876. The number of ether oxygens (including phenoxy) is 2. The highest BCUT2D eigenvalue weighted by atomic mass is 35.5. The van der Waals surface area contributed by atoms with Crippen LogP contribution in [0, 0.1) is 0 Å². The molecule has 0 radical (unpaired) electrons. The monoisotopic (exact) mass is 430 g/mol. The van der Waals surface area contributed by atoms with Gasteiger partial charge in [-0.15, -0.1) is 0 Å². The number of likely N-dealkylation sites (tertiary alicyclic amines) is 1. The highest BCUT2D eigenvalue weighted by Crippen LogP contribution is 2.34. The number of hydrogen-bond donors (Lipinski definition) is 2. The van der Waals surface area contributed by atoms with Crippen LogP contribution in [0.3, 0.4) is 0 Å². The number of aliphatic hydroxyl groups is 1. The van der Waals surface area contributed by atoms with Crippen LogP contribution in [-0.4, -0.2) is 53.4 Å². The lowest BCUT2D eigenvalue weighted by Gasteiger charge is -2.28. The number of aliphatic hydroxyl groups excluding tert-OH is 1. The number of nitrogens with zero attached hydrogens (tertiary/aromatic N) is 1. The van der Waals surface area contributed by atoms with E-state index in [0.29, 0.717) is 16.5 Å². The van der Waals surface area contributed by atoms with Crippen molar-refractivity contribution < 1.29 is 19.4 Å². The first-order valence-corrected chi connectivity index (χ1v) is 10.7. The molecule has 1 amide bonds. The topological polar surface area (TPSA) is 71.0 Å². The van der Waals surface area contributed by atoms with E-state index in [-0.39, 0.29) is 24.2 Å². The highest BCUT2D eigenvalue weighted by molar-refractivity contribution is 6.30. The molecule has 160 valence electrons. The van der Waals surface area contributed by atoms with Gasteiger partial charge in [0.05, 0.1) is 5.69 Å². The van der Waals surface area contributed by atoms with Crippen molar-refractivity contribution in [3.8, 4) is 11.5 Å². The molecule has 2 N–H and O–H groups in total. The van der Waals surface area contributed by atoms with Gasteiger partial charge in [-0.05, 0) is 55.7 Å². The number of carbonyl (C=O) groups excluding carboxylic acids is 1. The van der Waals surface area contributed by atoms with Gasteiger partial charge in [0.1, 0.15) is 29.8 Å². The number of halogens is 1. The van der Waals surface area contributed by atoms with Gasteiger partial charge >= 0.3 is 0 Å². The van der Waals surface area contributed by atoms with Gasteiger partial charge in [-0.3, -0.25) is 9.69 Å². The Morgan fingerprint density at radius 3 is 2.63 bits per heavy atom. The zero-order valence-corrected chi connectivity index (χ0v) is 17.7. The van der Waals surface area contributed by atoms with Gasteiger partial charge in [-0.25, -0.2) is 0 Å². The van der Waals surface area contributed by atoms with Crippen molar-refractivity contribution in [2.75, 3.05) is 18.4 Å². The lowest BCUT2D eigenvalue weighted by molar-refractivity contribution is -0.114. The fourth-order valence-electron chi connectivity index (χ4n) is 4.33. The molecule has 1 saturated heterocycles. The van der Waals surface area contributed by atoms with Crippen molar-refractivity contribution in [3.63, 3.8) is 0 Å². The average molecular weight is 431 g/mol. The highest BCUT2D eigenvalue weighted by Gasteiger charge is 2.42. The summed E-state index contributed by atoms with van der Waals surface area (Å²) in [6.07, 6.45) is 1.74. The van der Waals surface area contributed by atoms with E-state index in [1.807, 2.05) is 42.5 Å². The molecule has 0 spiro atoms. The second-order valence-electron chi connectivity index (χ2n) is 7.95. The Balaban J connectivity index is 1.34. The predicted molar refractivity (Wildman–Crippen MR) is 116 cm³/mol. The predicted octanol–water partition coefficient (Wildman–Crippen LogP) is 3.72. The third-order valence-electron chi connectivity index (χ3n) is 5.76. The molecule has 1 saturated carbocycles. The Hall–Kier alpha value is -2.28. The molecular weight excluding hydrogens is 404 g/mol. The minimum atomic E-state index is -0.593. The van der Waals surface area contributed by atoms with Crippen LogP contribution in [-0.2, 0) is 4.79 Å². The van der Waals surface area contributed by atoms with Crippen LogP contribution in [0.15, 0.2) is 48.5 Å². The van der Waals surface area contributed by atoms with Gasteiger partial charge in [-0.2, -0.15) is 0 Å². The fourth-order valence-corrected chi connectivity index (χ4v) is 4.46. The number of amides is 1. The molecule has 2 aliphatic rings. The molecule has 0 bridgehead atoms. The molecule has 6 nitrogen and oxygen atoms in total. The van der Waals surface area contributed by atoms with Crippen LogP contribution in [0.2, 0.25) is 5.02 Å². The van der Waals surface area contributed by atoms with Crippen LogP contribution in [0.25, 0.3) is 0 Å². The van der Waals surface area contributed by atoms with E-state index in [1.165, 1.54) is 6.92 Å². The number of rotatable bonds is 6. The van der Waals surface area contributed by atoms with Crippen LogP contribution in [0.4, 0.5) is 5.69 Å². The molecule has 4 rings (SSSR count). The molecule has 2 fully saturated rings. The SMILES string of the molecule is CC(=O)Nc1ccccc1OC1CCC(N2CCC(Oc3ccc(Cl)cc3)C2)C1O. The van der Waals surface area contributed by atoms with Gasteiger partial charge in [-0.1, -0.05) is 23.7 Å². The van der Waals surface area contributed by atoms with Crippen molar-refractivity contribution in [3.05, 3.63) is 53.6 Å². The Labute approximate surface area is 181 Å². The second kappa shape index (κ2) is 9.25. The van der Waals surface area contributed by atoms with Crippen LogP contribution < -0.4 is 14.8 Å². The molecule has 2 aromatic rings. The van der Waals surface area contributed by atoms with Crippen LogP contribution >= 0.6 is 11.6 Å². The third-order valence-corrected chi connectivity index (χ3v) is 6.01. The largest absolute Gasteiger partial charge is 0.489 e. The smallest absolute Gasteiger partial charge is 0.221 e. The van der Waals surface area contributed by atoms with Gasteiger partial charge in [0.15, 0.2) is 0 Å². The van der Waals surface area contributed by atoms with E-state index < -0.39 is 6.10 Å². The number of hydrogen-bond acceptors (Lipinski definition) is 5. The number of nitrogens with one attached hydrogen (secondary N) is 1. The van der Waals surface area contributed by atoms with Gasteiger partial charge in [0, 0.05) is 31.1 Å². The second-order valence-corrected chi connectivity index (χ2v) is 8.38. The van der Waals surface area contributed by atoms with Crippen LogP contribution in [0.1, 0.15) is 26.2 Å². The maximum Gasteiger partial charge on any atom is 0.221 e. The average Bonchev–Trinajstić information content (AvgIpc) is 3.32. The summed E-state index contributed by atoms with van der Waals surface area (Å²) in [4.78, 5) is 13.7. The van der Waals surface area contributed by atoms with E-state index in [9.17, 15) is 9.90 Å². The number of anilines is 1. The minimum Gasteiger partial charge on any atom is -0.489 e. The lowest BCUT2D eigenvalue weighted by Crippen LogP contribution is -2.44. The van der Waals surface area contributed by atoms with E-state index in [2.05, 4.69) is 10.2 Å². The first-order chi connectivity index (χ1) is 14.5. The molecule has 1 aliphatic carbocycles. The summed E-state index contributed by atoms with van der Waals surface area (Å²) in [6, 6.07) is 14.8. The van der Waals surface area contributed by atoms with Crippen molar-refractivity contribution in [1.82, 2.24) is 4.90 Å². The molecule has 1 heterocycles. The summed E-state index contributed by atoms with van der Waals surface area (Å²) >= 11 is 5.94.